The van der Waals surface area contributed by atoms with Gasteiger partial charge in [-0.2, -0.15) is 5.06 Å². The Balaban J connectivity index is 2.36. The lowest BCUT2D eigenvalue weighted by Crippen LogP contribution is -2.36. The van der Waals surface area contributed by atoms with Gasteiger partial charge in [0.25, 0.3) is 0 Å². The Kier molecular flexibility index (Phi) is 6.36. The van der Waals surface area contributed by atoms with E-state index in [2.05, 4.69) is 20.8 Å². The van der Waals surface area contributed by atoms with Gasteiger partial charge in [-0.25, -0.2) is 4.79 Å². The molecule has 0 bridgehead atoms. The first-order valence-electron chi connectivity index (χ1n) is 6.52. The first-order chi connectivity index (χ1) is 9.00. The van der Waals surface area contributed by atoms with Gasteiger partial charge in [0.15, 0.2) is 0 Å². The first kappa shape index (κ1) is 15.5. The van der Waals surface area contributed by atoms with Gasteiger partial charge in [0.05, 0.1) is 6.04 Å². The molecule has 1 amide bonds. The van der Waals surface area contributed by atoms with E-state index in [1.54, 1.807) is 0 Å². The predicted molar refractivity (Wildman–Crippen MR) is 73.5 cm³/mol. The molecule has 19 heavy (non-hydrogen) atoms. The molecule has 4 heteroatoms. The number of amides is 1. The second kappa shape index (κ2) is 7.79. The molecule has 1 rings (SSSR count). The molecular weight excluding hydrogens is 242 g/mol. The van der Waals surface area contributed by atoms with Crippen molar-refractivity contribution in [3.8, 4) is 0 Å². The first-order valence-corrected chi connectivity index (χ1v) is 6.52. The zero-order valence-electron chi connectivity index (χ0n) is 11.6. The fourth-order valence-electron chi connectivity index (χ4n) is 1.58. The molecule has 0 spiro atoms. The zero-order chi connectivity index (χ0) is 14.3. The van der Waals surface area contributed by atoms with Crippen molar-refractivity contribution >= 4 is 6.09 Å². The lowest BCUT2D eigenvalue weighted by Gasteiger charge is -2.22. The van der Waals surface area contributed by atoms with E-state index in [9.17, 15) is 10.0 Å². The average Bonchev–Trinajstić information content (AvgIpc) is 2.42. The summed E-state index contributed by atoms with van der Waals surface area (Å²) < 4.78 is 5.01. The van der Waals surface area contributed by atoms with Crippen LogP contribution in [0.4, 0.5) is 4.79 Å². The van der Waals surface area contributed by atoms with Crippen LogP contribution in [0.3, 0.4) is 0 Å². The average molecular weight is 264 g/mol. The van der Waals surface area contributed by atoms with Gasteiger partial charge in [-0.3, -0.25) is 5.21 Å². The Morgan fingerprint density at radius 1 is 1.32 bits per heavy atom. The molecule has 4 nitrogen and oxygen atoms in total. The van der Waals surface area contributed by atoms with Crippen LogP contribution in [0.2, 0.25) is 0 Å². The molecule has 1 atom stereocenters. The fraction of sp³-hybridized carbons (Fsp3) is 0.467. The van der Waals surface area contributed by atoms with Crippen LogP contribution in [0.5, 0.6) is 0 Å². The number of hydrogen-bond acceptors (Lipinski definition) is 3. The number of carbonyl (C=O) groups is 1. The quantitative estimate of drug-likeness (QED) is 0.630. The molecular formula is C15H22NO3. The van der Waals surface area contributed by atoms with E-state index in [4.69, 9.17) is 4.74 Å². The second-order valence-corrected chi connectivity index (χ2v) is 5.01. The Morgan fingerprint density at radius 2 is 1.95 bits per heavy atom. The van der Waals surface area contributed by atoms with E-state index in [0.717, 1.165) is 12.0 Å². The lowest BCUT2D eigenvalue weighted by atomic mass is 10.0. The number of hydroxylamine groups is 2. The Bertz CT molecular complexity index is 378. The van der Waals surface area contributed by atoms with Crippen LogP contribution in [0.25, 0.3) is 0 Å². The minimum atomic E-state index is -0.757. The maximum atomic E-state index is 11.6. The summed E-state index contributed by atoms with van der Waals surface area (Å²) in [6.07, 6.45) is 0.791. The largest absolute Gasteiger partial charge is 0.443 e. The van der Waals surface area contributed by atoms with Gasteiger partial charge in [-0.05, 0) is 31.2 Å². The van der Waals surface area contributed by atoms with E-state index >= 15 is 0 Å². The van der Waals surface area contributed by atoms with Crippen molar-refractivity contribution in [1.82, 2.24) is 5.06 Å². The molecule has 0 aliphatic heterocycles. The summed E-state index contributed by atoms with van der Waals surface area (Å²) >= 11 is 0. The minimum Gasteiger partial charge on any atom is -0.443 e. The highest BCUT2D eigenvalue weighted by molar-refractivity contribution is 5.66. The third kappa shape index (κ3) is 5.75. The van der Waals surface area contributed by atoms with Gasteiger partial charge in [-0.15, -0.1) is 0 Å². The number of benzene rings is 1. The fourth-order valence-corrected chi connectivity index (χ4v) is 1.58. The lowest BCUT2D eigenvalue weighted by molar-refractivity contribution is -0.0974. The molecule has 0 saturated carbocycles. The van der Waals surface area contributed by atoms with E-state index in [-0.39, 0.29) is 6.61 Å². The van der Waals surface area contributed by atoms with Crippen molar-refractivity contribution in [3.63, 3.8) is 0 Å². The molecule has 1 N–H and O–H groups in total. The summed E-state index contributed by atoms with van der Waals surface area (Å²) in [6.45, 7) is 8.08. The SMILES string of the molecule is [CH2]C(CCC(C)C)N(O)C(=O)OCc1ccccc1. The van der Waals surface area contributed by atoms with E-state index in [1.165, 1.54) is 0 Å². The molecule has 0 fully saturated rings. The van der Waals surface area contributed by atoms with Crippen LogP contribution in [-0.2, 0) is 11.3 Å². The number of carbonyl (C=O) groups excluding carboxylic acids is 1. The number of rotatable bonds is 6. The molecule has 1 unspecified atom stereocenters. The van der Waals surface area contributed by atoms with E-state index < -0.39 is 12.1 Å². The molecule has 0 aromatic heterocycles. The van der Waals surface area contributed by atoms with Crippen LogP contribution in [0, 0.1) is 12.8 Å². The van der Waals surface area contributed by atoms with Crippen molar-refractivity contribution in [2.24, 2.45) is 5.92 Å². The maximum absolute atomic E-state index is 11.6. The normalized spacial score (nSPS) is 12.3. The van der Waals surface area contributed by atoms with Crippen LogP contribution in [0.1, 0.15) is 32.3 Å². The van der Waals surface area contributed by atoms with Crippen LogP contribution in [-0.4, -0.2) is 22.4 Å². The molecule has 105 valence electrons. The van der Waals surface area contributed by atoms with Gasteiger partial charge in [0.2, 0.25) is 0 Å². The van der Waals surface area contributed by atoms with Crippen LogP contribution >= 0.6 is 0 Å². The summed E-state index contributed by atoms with van der Waals surface area (Å²) in [6, 6.07) is 8.86. The number of hydrogen-bond donors (Lipinski definition) is 1. The van der Waals surface area contributed by atoms with Crippen molar-refractivity contribution in [1.29, 1.82) is 0 Å². The summed E-state index contributed by atoms with van der Waals surface area (Å²) in [7, 11) is 0. The third-order valence-corrected chi connectivity index (χ3v) is 2.82. The molecule has 0 aliphatic rings. The Morgan fingerprint density at radius 3 is 2.53 bits per heavy atom. The Labute approximate surface area is 114 Å². The van der Waals surface area contributed by atoms with Crippen molar-refractivity contribution in [2.45, 2.75) is 39.3 Å². The summed E-state index contributed by atoms with van der Waals surface area (Å²) in [5.41, 5.74) is 0.882. The van der Waals surface area contributed by atoms with E-state index in [1.807, 2.05) is 30.3 Å². The number of ether oxygens (including phenoxy) is 1. The molecule has 1 aromatic carbocycles. The molecule has 0 heterocycles. The highest BCUT2D eigenvalue weighted by atomic mass is 16.6. The highest BCUT2D eigenvalue weighted by Gasteiger charge is 2.19. The monoisotopic (exact) mass is 264 g/mol. The molecule has 0 aliphatic carbocycles. The summed E-state index contributed by atoms with van der Waals surface area (Å²) in [4.78, 5) is 11.6. The topological polar surface area (TPSA) is 49.8 Å². The zero-order valence-corrected chi connectivity index (χ0v) is 11.6. The van der Waals surface area contributed by atoms with E-state index in [0.29, 0.717) is 17.4 Å². The van der Waals surface area contributed by atoms with Gasteiger partial charge in [0, 0.05) is 0 Å². The summed E-state index contributed by atoms with van der Waals surface area (Å²) in [5.74, 6) is 0.512. The number of nitrogens with zero attached hydrogens (tertiary/aromatic N) is 1. The van der Waals surface area contributed by atoms with Crippen LogP contribution < -0.4 is 0 Å². The highest BCUT2D eigenvalue weighted by Crippen LogP contribution is 2.11. The van der Waals surface area contributed by atoms with Gasteiger partial charge >= 0.3 is 6.09 Å². The third-order valence-electron chi connectivity index (χ3n) is 2.82. The smallest absolute Gasteiger partial charge is 0.434 e. The van der Waals surface area contributed by atoms with Crippen molar-refractivity contribution in [3.05, 3.63) is 42.8 Å². The van der Waals surface area contributed by atoms with Gasteiger partial charge in [-0.1, -0.05) is 44.2 Å². The molecule has 1 radical (unpaired) electrons. The van der Waals surface area contributed by atoms with Gasteiger partial charge in [0.1, 0.15) is 6.61 Å². The Hall–Kier alpha value is -1.55. The van der Waals surface area contributed by atoms with Crippen molar-refractivity contribution < 1.29 is 14.7 Å². The molecule has 1 aromatic rings. The van der Waals surface area contributed by atoms with Crippen molar-refractivity contribution in [2.75, 3.05) is 0 Å². The summed E-state index contributed by atoms with van der Waals surface area (Å²) in [5, 5.41) is 10.2. The predicted octanol–water partition coefficient (Wildman–Crippen LogP) is 3.65. The maximum Gasteiger partial charge on any atom is 0.434 e. The second-order valence-electron chi connectivity index (χ2n) is 5.01. The standard InChI is InChI=1S/C15H22NO3/c1-12(2)9-10-13(3)16(18)15(17)19-11-14-7-5-4-6-8-14/h4-8,12-13,18H,3,9-11H2,1-2H3. The molecule has 0 saturated heterocycles. The van der Waals surface area contributed by atoms with Crippen LogP contribution in [0.15, 0.2) is 30.3 Å². The minimum absolute atomic E-state index is 0.146. The van der Waals surface area contributed by atoms with Gasteiger partial charge < -0.3 is 4.74 Å².